The summed E-state index contributed by atoms with van der Waals surface area (Å²) in [6.07, 6.45) is 7.10. The number of hydrogen-bond donors (Lipinski definition) is 1. The molecule has 17 heavy (non-hydrogen) atoms. The van der Waals surface area contributed by atoms with Gasteiger partial charge in [0.15, 0.2) is 0 Å². The summed E-state index contributed by atoms with van der Waals surface area (Å²) in [4.78, 5) is 14.3. The highest BCUT2D eigenvalue weighted by Crippen LogP contribution is 2.23. The third-order valence-electron chi connectivity index (χ3n) is 3.86. The van der Waals surface area contributed by atoms with Crippen molar-refractivity contribution in [2.45, 2.75) is 58.4 Å². The number of amides is 1. The van der Waals surface area contributed by atoms with Crippen LogP contribution in [0.5, 0.6) is 0 Å². The lowest BCUT2D eigenvalue weighted by Gasteiger charge is -2.33. The Kier molecular flexibility index (Phi) is 5.96. The minimum atomic E-state index is 0.0157. The first-order valence-electron chi connectivity index (χ1n) is 7.03. The molecule has 0 spiro atoms. The van der Waals surface area contributed by atoms with Crippen LogP contribution in [0.1, 0.15) is 52.4 Å². The summed E-state index contributed by atoms with van der Waals surface area (Å²) >= 11 is 0. The fourth-order valence-corrected chi connectivity index (χ4v) is 2.80. The van der Waals surface area contributed by atoms with Gasteiger partial charge in [0.2, 0.25) is 5.91 Å². The molecule has 3 nitrogen and oxygen atoms in total. The summed E-state index contributed by atoms with van der Waals surface area (Å²) in [6.45, 7) is 4.78. The van der Waals surface area contributed by atoms with Crippen molar-refractivity contribution in [2.75, 3.05) is 13.6 Å². The summed E-state index contributed by atoms with van der Waals surface area (Å²) in [6, 6.07) is 0.456. The molecule has 0 aromatic carbocycles. The minimum absolute atomic E-state index is 0.0157. The van der Waals surface area contributed by atoms with Crippen molar-refractivity contribution < 1.29 is 4.79 Å². The van der Waals surface area contributed by atoms with Gasteiger partial charge in [-0.2, -0.15) is 0 Å². The number of carbonyl (C=O) groups excluding carboxylic acids is 1. The van der Waals surface area contributed by atoms with Crippen LogP contribution in [0.2, 0.25) is 0 Å². The highest BCUT2D eigenvalue weighted by Gasteiger charge is 2.27. The van der Waals surface area contributed by atoms with Gasteiger partial charge >= 0.3 is 0 Å². The molecule has 1 rings (SSSR count). The number of carbonyl (C=O) groups is 1. The van der Waals surface area contributed by atoms with Gasteiger partial charge in [0.05, 0.1) is 5.92 Å². The fraction of sp³-hybridized carbons (Fsp3) is 0.929. The molecule has 2 N–H and O–H groups in total. The van der Waals surface area contributed by atoms with Crippen molar-refractivity contribution in [3.63, 3.8) is 0 Å². The first kappa shape index (κ1) is 14.5. The van der Waals surface area contributed by atoms with E-state index in [2.05, 4.69) is 13.8 Å². The van der Waals surface area contributed by atoms with E-state index in [4.69, 9.17) is 5.73 Å². The number of nitrogens with two attached hydrogens (primary N) is 1. The molecule has 100 valence electrons. The Balaban J connectivity index is 2.53. The number of nitrogens with zero attached hydrogens (tertiary/aromatic N) is 1. The van der Waals surface area contributed by atoms with E-state index in [9.17, 15) is 4.79 Å². The summed E-state index contributed by atoms with van der Waals surface area (Å²) in [5.74, 6) is 0.808. The van der Waals surface area contributed by atoms with E-state index in [-0.39, 0.29) is 11.8 Å². The van der Waals surface area contributed by atoms with Gasteiger partial charge in [0.1, 0.15) is 0 Å². The molecular formula is C14H28N2O. The van der Waals surface area contributed by atoms with E-state index in [0.29, 0.717) is 18.5 Å². The normalized spacial score (nSPS) is 19.4. The van der Waals surface area contributed by atoms with E-state index in [1.165, 1.54) is 32.1 Å². The Labute approximate surface area is 106 Å². The van der Waals surface area contributed by atoms with Crippen LogP contribution >= 0.6 is 0 Å². The summed E-state index contributed by atoms with van der Waals surface area (Å²) < 4.78 is 0. The van der Waals surface area contributed by atoms with E-state index in [1.54, 1.807) is 0 Å². The smallest absolute Gasteiger partial charge is 0.226 e. The molecule has 0 aromatic heterocycles. The van der Waals surface area contributed by atoms with Crippen molar-refractivity contribution in [3.05, 3.63) is 0 Å². The second-order valence-corrected chi connectivity index (χ2v) is 5.80. The standard InChI is InChI=1S/C14H28N2O/c1-11(2)9-12(10-15)14(17)16(3)13-7-5-4-6-8-13/h11-13H,4-10,15H2,1-3H3. The van der Waals surface area contributed by atoms with Gasteiger partial charge in [-0.3, -0.25) is 4.79 Å². The lowest BCUT2D eigenvalue weighted by Crippen LogP contribution is -2.43. The predicted octanol–water partition coefficient (Wildman–Crippen LogP) is 2.40. The fourth-order valence-electron chi connectivity index (χ4n) is 2.80. The van der Waals surface area contributed by atoms with Crippen molar-refractivity contribution in [3.8, 4) is 0 Å². The largest absolute Gasteiger partial charge is 0.342 e. The molecule has 0 aliphatic heterocycles. The Morgan fingerprint density at radius 3 is 2.35 bits per heavy atom. The van der Waals surface area contributed by atoms with E-state index in [0.717, 1.165) is 6.42 Å². The first-order chi connectivity index (χ1) is 8.06. The highest BCUT2D eigenvalue weighted by atomic mass is 16.2. The van der Waals surface area contributed by atoms with Crippen LogP contribution in [0.15, 0.2) is 0 Å². The van der Waals surface area contributed by atoms with Crippen LogP contribution in [0, 0.1) is 11.8 Å². The molecule has 3 heteroatoms. The second-order valence-electron chi connectivity index (χ2n) is 5.80. The van der Waals surface area contributed by atoms with Crippen LogP contribution in [0.4, 0.5) is 0 Å². The number of hydrogen-bond acceptors (Lipinski definition) is 2. The average molecular weight is 240 g/mol. The number of rotatable bonds is 5. The maximum Gasteiger partial charge on any atom is 0.226 e. The second kappa shape index (κ2) is 7.00. The van der Waals surface area contributed by atoms with E-state index in [1.807, 2.05) is 11.9 Å². The molecule has 0 aromatic rings. The maximum absolute atomic E-state index is 12.4. The molecule has 1 unspecified atom stereocenters. The van der Waals surface area contributed by atoms with Gasteiger partial charge < -0.3 is 10.6 Å². The van der Waals surface area contributed by atoms with Crippen molar-refractivity contribution in [1.29, 1.82) is 0 Å². The molecule has 1 atom stereocenters. The van der Waals surface area contributed by atoms with Gasteiger partial charge in [-0.15, -0.1) is 0 Å². The Morgan fingerprint density at radius 1 is 1.29 bits per heavy atom. The summed E-state index contributed by atoms with van der Waals surface area (Å²) in [7, 11) is 1.96. The van der Waals surface area contributed by atoms with Crippen molar-refractivity contribution >= 4 is 5.91 Å². The molecular weight excluding hydrogens is 212 g/mol. The maximum atomic E-state index is 12.4. The minimum Gasteiger partial charge on any atom is -0.342 e. The molecule has 0 heterocycles. The Hall–Kier alpha value is -0.570. The summed E-state index contributed by atoms with van der Waals surface area (Å²) in [5.41, 5.74) is 5.74. The Morgan fingerprint density at radius 2 is 1.88 bits per heavy atom. The third kappa shape index (κ3) is 4.30. The van der Waals surface area contributed by atoms with E-state index < -0.39 is 0 Å². The van der Waals surface area contributed by atoms with E-state index >= 15 is 0 Å². The first-order valence-corrected chi connectivity index (χ1v) is 7.03. The SMILES string of the molecule is CC(C)CC(CN)C(=O)N(C)C1CCCCC1. The zero-order chi connectivity index (χ0) is 12.8. The third-order valence-corrected chi connectivity index (χ3v) is 3.86. The lowest BCUT2D eigenvalue weighted by molar-refractivity contribution is -0.137. The molecule has 1 amide bonds. The molecule has 0 radical (unpaired) electrons. The quantitative estimate of drug-likeness (QED) is 0.802. The molecule has 0 bridgehead atoms. The van der Waals surface area contributed by atoms with Crippen LogP contribution in [-0.2, 0) is 4.79 Å². The van der Waals surface area contributed by atoms with Crippen LogP contribution < -0.4 is 5.73 Å². The van der Waals surface area contributed by atoms with Gasteiger partial charge in [0.25, 0.3) is 0 Å². The van der Waals surface area contributed by atoms with Crippen molar-refractivity contribution in [1.82, 2.24) is 4.90 Å². The van der Waals surface area contributed by atoms with Gasteiger partial charge in [0, 0.05) is 19.6 Å². The van der Waals surface area contributed by atoms with Gasteiger partial charge in [-0.1, -0.05) is 33.1 Å². The van der Waals surface area contributed by atoms with Gasteiger partial charge in [-0.25, -0.2) is 0 Å². The average Bonchev–Trinajstić information content (AvgIpc) is 2.35. The van der Waals surface area contributed by atoms with Crippen LogP contribution in [-0.4, -0.2) is 30.4 Å². The van der Waals surface area contributed by atoms with Crippen molar-refractivity contribution in [2.24, 2.45) is 17.6 Å². The zero-order valence-electron chi connectivity index (χ0n) is 11.6. The lowest BCUT2D eigenvalue weighted by atomic mass is 9.91. The topological polar surface area (TPSA) is 46.3 Å². The molecule has 1 aliphatic rings. The molecule has 1 fully saturated rings. The Bertz CT molecular complexity index is 234. The summed E-state index contributed by atoms with van der Waals surface area (Å²) in [5, 5.41) is 0. The predicted molar refractivity (Wildman–Crippen MR) is 71.6 cm³/mol. The van der Waals surface area contributed by atoms with Crippen LogP contribution in [0.25, 0.3) is 0 Å². The molecule has 1 aliphatic carbocycles. The monoisotopic (exact) mass is 240 g/mol. The van der Waals surface area contributed by atoms with Crippen LogP contribution in [0.3, 0.4) is 0 Å². The van der Waals surface area contributed by atoms with Gasteiger partial charge in [-0.05, 0) is 25.2 Å². The molecule has 0 saturated heterocycles. The zero-order valence-corrected chi connectivity index (χ0v) is 11.6. The highest BCUT2D eigenvalue weighted by molar-refractivity contribution is 5.79. The molecule has 1 saturated carbocycles.